The molecule has 3 nitrogen and oxygen atoms in total. The summed E-state index contributed by atoms with van der Waals surface area (Å²) in [6, 6.07) is 5.94. The zero-order valence-corrected chi connectivity index (χ0v) is 10.9. The Morgan fingerprint density at radius 3 is 2.53 bits per heavy atom. The third-order valence-electron chi connectivity index (χ3n) is 3.06. The van der Waals surface area contributed by atoms with Crippen LogP contribution in [0.2, 0.25) is 0 Å². The van der Waals surface area contributed by atoms with Crippen LogP contribution in [0.4, 0.5) is 0 Å². The molecule has 2 atom stereocenters. The van der Waals surface area contributed by atoms with E-state index in [1.807, 2.05) is 39.0 Å². The number of aryl methyl sites for hydroxylation is 2. The Labute approximate surface area is 102 Å². The van der Waals surface area contributed by atoms with Crippen LogP contribution in [0.3, 0.4) is 0 Å². The number of carbonyl (C=O) groups is 1. The van der Waals surface area contributed by atoms with E-state index in [2.05, 4.69) is 0 Å². The van der Waals surface area contributed by atoms with Gasteiger partial charge in [0.05, 0.1) is 6.61 Å². The third-order valence-corrected chi connectivity index (χ3v) is 3.06. The molecule has 1 aromatic rings. The van der Waals surface area contributed by atoms with Crippen molar-refractivity contribution in [2.45, 2.75) is 39.7 Å². The molecule has 94 valence electrons. The van der Waals surface area contributed by atoms with Crippen molar-refractivity contribution < 1.29 is 14.6 Å². The van der Waals surface area contributed by atoms with Gasteiger partial charge in [-0.2, -0.15) is 0 Å². The number of benzene rings is 1. The van der Waals surface area contributed by atoms with Crippen LogP contribution >= 0.6 is 0 Å². The van der Waals surface area contributed by atoms with Crippen molar-refractivity contribution in [2.75, 3.05) is 6.61 Å². The number of aliphatic hydroxyl groups is 1. The average molecular weight is 236 g/mol. The Kier molecular flexibility index (Phi) is 4.70. The van der Waals surface area contributed by atoms with Gasteiger partial charge in [-0.1, -0.05) is 25.1 Å². The molecule has 0 aliphatic rings. The minimum absolute atomic E-state index is 0.256. The Balaban J connectivity index is 2.84. The molecular weight excluding hydrogens is 216 g/mol. The lowest BCUT2D eigenvalue weighted by atomic mass is 9.93. The molecule has 0 saturated carbocycles. The van der Waals surface area contributed by atoms with Crippen molar-refractivity contribution in [1.82, 2.24) is 0 Å². The summed E-state index contributed by atoms with van der Waals surface area (Å²) in [4.78, 5) is 11.4. The van der Waals surface area contributed by atoms with Gasteiger partial charge >= 0.3 is 5.97 Å². The number of rotatable bonds is 4. The molecule has 0 spiro atoms. The highest BCUT2D eigenvalue weighted by molar-refractivity contribution is 5.75. The summed E-state index contributed by atoms with van der Waals surface area (Å²) in [6.45, 7) is 7.89. The largest absolute Gasteiger partial charge is 0.464 e. The number of carbonyl (C=O) groups excluding carboxylic acids is 1. The Morgan fingerprint density at radius 2 is 2.00 bits per heavy atom. The summed E-state index contributed by atoms with van der Waals surface area (Å²) >= 11 is 0. The maximum absolute atomic E-state index is 11.4. The van der Waals surface area contributed by atoms with E-state index in [0.29, 0.717) is 0 Å². The standard InChI is InChI=1S/C14H20O3/c1-5-17-14(16)13(15)11(4)12-7-6-9(2)10(3)8-12/h6-8,11,13,15H,5H2,1-4H3. The first-order chi connectivity index (χ1) is 7.97. The van der Waals surface area contributed by atoms with Crippen molar-refractivity contribution in [3.8, 4) is 0 Å². The van der Waals surface area contributed by atoms with Gasteiger partial charge in [0.2, 0.25) is 0 Å². The molecule has 0 saturated heterocycles. The van der Waals surface area contributed by atoms with E-state index in [0.717, 1.165) is 11.1 Å². The molecule has 0 aliphatic heterocycles. The van der Waals surface area contributed by atoms with Crippen LogP contribution < -0.4 is 0 Å². The summed E-state index contributed by atoms with van der Waals surface area (Å²) in [7, 11) is 0. The fourth-order valence-corrected chi connectivity index (χ4v) is 1.66. The molecule has 0 amide bonds. The fraction of sp³-hybridized carbons (Fsp3) is 0.500. The second-order valence-corrected chi connectivity index (χ2v) is 4.33. The number of ether oxygens (including phenoxy) is 1. The zero-order chi connectivity index (χ0) is 13.0. The molecule has 17 heavy (non-hydrogen) atoms. The van der Waals surface area contributed by atoms with E-state index in [-0.39, 0.29) is 12.5 Å². The Hall–Kier alpha value is -1.35. The maximum atomic E-state index is 11.4. The molecule has 1 aromatic carbocycles. The van der Waals surface area contributed by atoms with Gasteiger partial charge in [-0.05, 0) is 37.5 Å². The van der Waals surface area contributed by atoms with Crippen LogP contribution in [0.25, 0.3) is 0 Å². The van der Waals surface area contributed by atoms with Crippen LogP contribution in [0, 0.1) is 13.8 Å². The monoisotopic (exact) mass is 236 g/mol. The topological polar surface area (TPSA) is 46.5 Å². The predicted molar refractivity (Wildman–Crippen MR) is 67.0 cm³/mol. The van der Waals surface area contributed by atoms with E-state index in [1.54, 1.807) is 6.92 Å². The zero-order valence-electron chi connectivity index (χ0n) is 10.9. The first-order valence-electron chi connectivity index (χ1n) is 5.89. The van der Waals surface area contributed by atoms with Crippen LogP contribution in [0.15, 0.2) is 18.2 Å². The fourth-order valence-electron chi connectivity index (χ4n) is 1.66. The lowest BCUT2D eigenvalue weighted by molar-refractivity contribution is -0.154. The van der Waals surface area contributed by atoms with Crippen LogP contribution in [0.5, 0.6) is 0 Å². The van der Waals surface area contributed by atoms with E-state index < -0.39 is 12.1 Å². The van der Waals surface area contributed by atoms with Gasteiger partial charge in [0, 0.05) is 5.92 Å². The number of hydrogen-bond donors (Lipinski definition) is 1. The highest BCUT2D eigenvalue weighted by Crippen LogP contribution is 2.22. The van der Waals surface area contributed by atoms with E-state index >= 15 is 0 Å². The first kappa shape index (κ1) is 13.7. The number of hydrogen-bond acceptors (Lipinski definition) is 3. The summed E-state index contributed by atoms with van der Waals surface area (Å²) < 4.78 is 4.81. The van der Waals surface area contributed by atoms with Crippen molar-refractivity contribution in [3.63, 3.8) is 0 Å². The van der Waals surface area contributed by atoms with E-state index in [4.69, 9.17) is 4.74 Å². The molecule has 1 N–H and O–H groups in total. The summed E-state index contributed by atoms with van der Waals surface area (Å²) in [5.41, 5.74) is 3.31. The lowest BCUT2D eigenvalue weighted by Gasteiger charge is -2.18. The van der Waals surface area contributed by atoms with Gasteiger partial charge in [-0.15, -0.1) is 0 Å². The summed E-state index contributed by atoms with van der Waals surface area (Å²) in [5.74, 6) is -0.813. The van der Waals surface area contributed by atoms with Gasteiger partial charge < -0.3 is 9.84 Å². The number of aliphatic hydroxyl groups excluding tert-OH is 1. The van der Waals surface area contributed by atoms with Crippen LogP contribution in [-0.4, -0.2) is 23.8 Å². The number of esters is 1. The smallest absolute Gasteiger partial charge is 0.335 e. The van der Waals surface area contributed by atoms with Crippen molar-refractivity contribution in [1.29, 1.82) is 0 Å². The average Bonchev–Trinajstić information content (AvgIpc) is 2.31. The van der Waals surface area contributed by atoms with Crippen LogP contribution in [-0.2, 0) is 9.53 Å². The molecule has 0 aromatic heterocycles. The van der Waals surface area contributed by atoms with Gasteiger partial charge in [0.25, 0.3) is 0 Å². The molecule has 0 fully saturated rings. The Morgan fingerprint density at radius 1 is 1.35 bits per heavy atom. The van der Waals surface area contributed by atoms with E-state index in [1.165, 1.54) is 5.56 Å². The molecule has 3 heteroatoms. The molecule has 0 aliphatic carbocycles. The quantitative estimate of drug-likeness (QED) is 0.816. The third kappa shape index (κ3) is 3.30. The Bertz CT molecular complexity index is 398. The second-order valence-electron chi connectivity index (χ2n) is 4.33. The first-order valence-corrected chi connectivity index (χ1v) is 5.89. The molecule has 0 bridgehead atoms. The minimum Gasteiger partial charge on any atom is -0.464 e. The van der Waals surface area contributed by atoms with Gasteiger partial charge in [-0.3, -0.25) is 0 Å². The molecule has 0 radical (unpaired) electrons. The van der Waals surface area contributed by atoms with Gasteiger partial charge in [0.1, 0.15) is 0 Å². The molecular formula is C14H20O3. The second kappa shape index (κ2) is 5.82. The van der Waals surface area contributed by atoms with Crippen molar-refractivity contribution >= 4 is 5.97 Å². The maximum Gasteiger partial charge on any atom is 0.335 e. The van der Waals surface area contributed by atoms with E-state index in [9.17, 15) is 9.90 Å². The molecule has 2 unspecified atom stereocenters. The minimum atomic E-state index is -1.10. The SMILES string of the molecule is CCOC(=O)C(O)C(C)c1ccc(C)c(C)c1. The molecule has 0 heterocycles. The highest BCUT2D eigenvalue weighted by atomic mass is 16.5. The van der Waals surface area contributed by atoms with Crippen molar-refractivity contribution in [2.24, 2.45) is 0 Å². The predicted octanol–water partition coefficient (Wildman–Crippen LogP) is 2.33. The van der Waals surface area contributed by atoms with Gasteiger partial charge in [-0.25, -0.2) is 4.79 Å². The summed E-state index contributed by atoms with van der Waals surface area (Å²) in [6.07, 6.45) is -1.10. The highest BCUT2D eigenvalue weighted by Gasteiger charge is 2.24. The van der Waals surface area contributed by atoms with Gasteiger partial charge in [0.15, 0.2) is 6.10 Å². The van der Waals surface area contributed by atoms with Crippen LogP contribution in [0.1, 0.15) is 36.5 Å². The van der Waals surface area contributed by atoms with Crippen molar-refractivity contribution in [3.05, 3.63) is 34.9 Å². The lowest BCUT2D eigenvalue weighted by Crippen LogP contribution is -2.28. The normalized spacial score (nSPS) is 14.2. The molecule has 1 rings (SSSR count). The summed E-state index contributed by atoms with van der Waals surface area (Å²) in [5, 5.41) is 9.86.